The molecule has 1 saturated carbocycles. The summed E-state index contributed by atoms with van der Waals surface area (Å²) in [7, 11) is 0. The van der Waals surface area contributed by atoms with Crippen molar-refractivity contribution in [3.63, 3.8) is 0 Å². The first kappa shape index (κ1) is 12.4. The molecule has 2 rings (SSSR count). The van der Waals surface area contributed by atoms with Crippen molar-refractivity contribution in [2.75, 3.05) is 0 Å². The summed E-state index contributed by atoms with van der Waals surface area (Å²) in [5.74, 6) is 0.874. The molecular formula is C12H17ClN2O2. The Labute approximate surface area is 105 Å². The highest BCUT2D eigenvalue weighted by atomic mass is 35.5. The van der Waals surface area contributed by atoms with Crippen LogP contribution in [0.3, 0.4) is 0 Å². The van der Waals surface area contributed by atoms with Crippen molar-refractivity contribution in [3.05, 3.63) is 32.1 Å². The molecule has 17 heavy (non-hydrogen) atoms. The lowest BCUT2D eigenvalue weighted by Crippen LogP contribution is -2.42. The van der Waals surface area contributed by atoms with Gasteiger partial charge < -0.3 is 0 Å². The van der Waals surface area contributed by atoms with Crippen molar-refractivity contribution in [3.8, 4) is 0 Å². The topological polar surface area (TPSA) is 54.9 Å². The molecule has 1 aliphatic rings. The highest BCUT2D eigenvalue weighted by Crippen LogP contribution is 2.36. The van der Waals surface area contributed by atoms with Crippen LogP contribution >= 0.6 is 11.6 Å². The van der Waals surface area contributed by atoms with E-state index in [9.17, 15) is 9.59 Å². The minimum absolute atomic E-state index is 0.00716. The fourth-order valence-corrected chi connectivity index (χ4v) is 2.88. The van der Waals surface area contributed by atoms with Gasteiger partial charge in [0.1, 0.15) is 5.15 Å². The molecule has 5 heteroatoms. The maximum Gasteiger partial charge on any atom is 0.329 e. The Kier molecular flexibility index (Phi) is 3.43. The lowest BCUT2D eigenvalue weighted by atomic mass is 9.78. The van der Waals surface area contributed by atoms with Gasteiger partial charge in [0.05, 0.1) is 0 Å². The maximum atomic E-state index is 11.9. The van der Waals surface area contributed by atoms with Gasteiger partial charge in [-0.25, -0.2) is 4.79 Å². The number of hydrogen-bond acceptors (Lipinski definition) is 2. The Morgan fingerprint density at radius 1 is 1.35 bits per heavy atom. The first-order valence-corrected chi connectivity index (χ1v) is 6.40. The molecule has 3 atom stereocenters. The summed E-state index contributed by atoms with van der Waals surface area (Å²) in [6.45, 7) is 4.28. The fourth-order valence-electron chi connectivity index (χ4n) is 2.71. The van der Waals surface area contributed by atoms with E-state index in [4.69, 9.17) is 11.6 Å². The van der Waals surface area contributed by atoms with Gasteiger partial charge in [0, 0.05) is 12.1 Å². The van der Waals surface area contributed by atoms with Crippen LogP contribution in [0.25, 0.3) is 0 Å². The van der Waals surface area contributed by atoms with Crippen LogP contribution in [0.2, 0.25) is 5.15 Å². The van der Waals surface area contributed by atoms with E-state index in [1.165, 1.54) is 10.6 Å². The lowest BCUT2D eigenvalue weighted by molar-refractivity contribution is 0.178. The normalized spacial score (nSPS) is 29.2. The van der Waals surface area contributed by atoms with E-state index >= 15 is 0 Å². The minimum atomic E-state index is -0.395. The second-order valence-electron chi connectivity index (χ2n) is 4.97. The van der Waals surface area contributed by atoms with Gasteiger partial charge in [0.2, 0.25) is 0 Å². The Balaban J connectivity index is 2.47. The highest BCUT2D eigenvalue weighted by molar-refractivity contribution is 6.29. The summed E-state index contributed by atoms with van der Waals surface area (Å²) in [4.78, 5) is 26.2. The molecule has 0 aliphatic heterocycles. The number of nitrogens with zero attached hydrogens (tertiary/aromatic N) is 1. The third-order valence-electron chi connectivity index (χ3n) is 3.93. The predicted molar refractivity (Wildman–Crippen MR) is 67.5 cm³/mol. The second kappa shape index (κ2) is 4.69. The van der Waals surface area contributed by atoms with E-state index in [0.717, 1.165) is 19.3 Å². The van der Waals surface area contributed by atoms with Crippen molar-refractivity contribution in [2.45, 2.75) is 39.2 Å². The first-order valence-electron chi connectivity index (χ1n) is 6.02. The average molecular weight is 257 g/mol. The zero-order valence-electron chi connectivity index (χ0n) is 10.1. The van der Waals surface area contributed by atoms with Crippen molar-refractivity contribution >= 4 is 11.6 Å². The van der Waals surface area contributed by atoms with Gasteiger partial charge >= 0.3 is 5.69 Å². The third-order valence-corrected chi connectivity index (χ3v) is 4.13. The summed E-state index contributed by atoms with van der Waals surface area (Å²) in [6.07, 6.45) is 3.11. The molecule has 3 unspecified atom stereocenters. The molecule has 0 bridgehead atoms. The molecule has 0 aromatic carbocycles. The molecule has 1 aliphatic carbocycles. The van der Waals surface area contributed by atoms with Crippen LogP contribution in [0.1, 0.15) is 39.2 Å². The molecule has 0 spiro atoms. The van der Waals surface area contributed by atoms with Crippen LogP contribution < -0.4 is 11.2 Å². The molecule has 1 aromatic heterocycles. The van der Waals surface area contributed by atoms with Gasteiger partial charge in [-0.15, -0.1) is 0 Å². The van der Waals surface area contributed by atoms with Crippen molar-refractivity contribution in [1.29, 1.82) is 0 Å². The lowest BCUT2D eigenvalue weighted by Gasteiger charge is -2.34. The number of rotatable bonds is 1. The number of halogens is 1. The summed E-state index contributed by atoms with van der Waals surface area (Å²) in [5, 5.41) is 0.104. The van der Waals surface area contributed by atoms with Gasteiger partial charge in [-0.2, -0.15) is 0 Å². The fraction of sp³-hybridized carbons (Fsp3) is 0.667. The standard InChI is InChI=1S/C12H17ClN2O2/c1-7-4-3-5-9(8(7)2)15-11(16)6-10(13)14-12(15)17/h6-9H,3-5H2,1-2H3,(H,14,17). The zero-order chi connectivity index (χ0) is 12.6. The van der Waals surface area contributed by atoms with Crippen LogP contribution in [-0.4, -0.2) is 9.55 Å². The van der Waals surface area contributed by atoms with E-state index in [1.807, 2.05) is 0 Å². The van der Waals surface area contributed by atoms with Gasteiger partial charge in [-0.1, -0.05) is 38.3 Å². The monoisotopic (exact) mass is 256 g/mol. The molecule has 1 fully saturated rings. The Bertz CT molecular complexity index is 489. The highest BCUT2D eigenvalue weighted by Gasteiger charge is 2.30. The van der Waals surface area contributed by atoms with Crippen molar-refractivity contribution < 1.29 is 0 Å². The molecular weight excluding hydrogens is 240 g/mol. The van der Waals surface area contributed by atoms with Gasteiger partial charge in [0.15, 0.2) is 0 Å². The molecule has 0 amide bonds. The summed E-state index contributed by atoms with van der Waals surface area (Å²) < 4.78 is 1.33. The number of nitrogens with one attached hydrogen (secondary N) is 1. The summed E-state index contributed by atoms with van der Waals surface area (Å²) in [5.41, 5.74) is -0.696. The van der Waals surface area contributed by atoms with Crippen molar-refractivity contribution in [2.24, 2.45) is 11.8 Å². The summed E-state index contributed by atoms with van der Waals surface area (Å²) in [6, 6.07) is 1.27. The number of aromatic nitrogens is 2. The predicted octanol–water partition coefficient (Wildman–Crippen LogP) is 2.19. The SMILES string of the molecule is CC1CCCC(n2c(=O)cc(Cl)[nH]c2=O)C1C. The molecule has 1 N–H and O–H groups in total. The molecule has 0 radical (unpaired) electrons. The number of hydrogen-bond donors (Lipinski definition) is 1. The molecule has 1 aromatic rings. The Morgan fingerprint density at radius 2 is 2.06 bits per heavy atom. The third kappa shape index (κ3) is 2.32. The number of aromatic amines is 1. The maximum absolute atomic E-state index is 11.9. The Hall–Kier alpha value is -1.03. The van der Waals surface area contributed by atoms with Crippen LogP contribution in [-0.2, 0) is 0 Å². The molecule has 0 saturated heterocycles. The molecule has 1 heterocycles. The van der Waals surface area contributed by atoms with E-state index in [-0.39, 0.29) is 16.8 Å². The largest absolute Gasteiger partial charge is 0.329 e. The van der Waals surface area contributed by atoms with Crippen LogP contribution in [0.5, 0.6) is 0 Å². The van der Waals surface area contributed by atoms with Gasteiger partial charge in [-0.3, -0.25) is 14.3 Å². The van der Waals surface area contributed by atoms with E-state index in [1.54, 1.807) is 0 Å². The molecule has 4 nitrogen and oxygen atoms in total. The average Bonchev–Trinajstić information content (AvgIpc) is 2.23. The molecule has 94 valence electrons. The van der Waals surface area contributed by atoms with Crippen LogP contribution in [0.15, 0.2) is 15.7 Å². The van der Waals surface area contributed by atoms with Crippen LogP contribution in [0.4, 0.5) is 0 Å². The van der Waals surface area contributed by atoms with Gasteiger partial charge in [0.25, 0.3) is 5.56 Å². The first-order chi connectivity index (χ1) is 8.00. The smallest absolute Gasteiger partial charge is 0.298 e. The van der Waals surface area contributed by atoms with E-state index in [2.05, 4.69) is 18.8 Å². The van der Waals surface area contributed by atoms with Crippen LogP contribution in [0, 0.1) is 11.8 Å². The summed E-state index contributed by atoms with van der Waals surface area (Å²) >= 11 is 5.66. The second-order valence-corrected chi connectivity index (χ2v) is 5.37. The van der Waals surface area contributed by atoms with E-state index in [0.29, 0.717) is 11.8 Å². The minimum Gasteiger partial charge on any atom is -0.298 e. The zero-order valence-corrected chi connectivity index (χ0v) is 10.8. The number of H-pyrrole nitrogens is 1. The van der Waals surface area contributed by atoms with E-state index < -0.39 is 5.69 Å². The Morgan fingerprint density at radius 3 is 2.71 bits per heavy atom. The van der Waals surface area contributed by atoms with Gasteiger partial charge in [-0.05, 0) is 18.3 Å². The quantitative estimate of drug-likeness (QED) is 0.783. The van der Waals surface area contributed by atoms with Crippen molar-refractivity contribution in [1.82, 2.24) is 9.55 Å².